The van der Waals surface area contributed by atoms with Crippen molar-refractivity contribution in [2.75, 3.05) is 12.3 Å². The summed E-state index contributed by atoms with van der Waals surface area (Å²) < 4.78 is 14.4. The summed E-state index contributed by atoms with van der Waals surface area (Å²) in [4.78, 5) is 15.5. The number of thioether (sulfide) groups is 1. The molecule has 1 aliphatic rings. The van der Waals surface area contributed by atoms with Gasteiger partial charge >= 0.3 is 0 Å². The van der Waals surface area contributed by atoms with Gasteiger partial charge in [0.15, 0.2) is 0 Å². The first kappa shape index (κ1) is 17.8. The maximum absolute atomic E-state index is 14.4. The molecule has 2 nitrogen and oxygen atoms in total. The van der Waals surface area contributed by atoms with Crippen LogP contribution in [0.15, 0.2) is 84.9 Å². The highest BCUT2D eigenvalue weighted by molar-refractivity contribution is 7.99. The van der Waals surface area contributed by atoms with Crippen LogP contribution >= 0.6 is 11.8 Å². The standard InChI is InChI=1S/C23H20FNOS/c24-20-14-8-7-13-19(20)23-25(15-16-27-23)22(26)21(17-9-3-1-4-10-17)18-11-5-2-6-12-18/h1-14,21,23H,15-16H2/t23-/m1/s1. The van der Waals surface area contributed by atoms with Crippen molar-refractivity contribution in [2.45, 2.75) is 11.3 Å². The lowest BCUT2D eigenvalue weighted by molar-refractivity contribution is -0.132. The number of amides is 1. The van der Waals surface area contributed by atoms with Gasteiger partial charge in [0.25, 0.3) is 0 Å². The van der Waals surface area contributed by atoms with E-state index in [1.54, 1.807) is 23.9 Å². The van der Waals surface area contributed by atoms with Crippen LogP contribution in [0.5, 0.6) is 0 Å². The highest BCUT2D eigenvalue weighted by Crippen LogP contribution is 2.41. The Labute approximate surface area is 163 Å². The molecule has 1 heterocycles. The summed E-state index contributed by atoms with van der Waals surface area (Å²) in [6, 6.07) is 26.4. The van der Waals surface area contributed by atoms with E-state index in [9.17, 15) is 9.18 Å². The summed E-state index contributed by atoms with van der Waals surface area (Å²) in [5, 5.41) is -0.284. The fourth-order valence-electron chi connectivity index (χ4n) is 3.56. The van der Waals surface area contributed by atoms with E-state index < -0.39 is 0 Å². The van der Waals surface area contributed by atoms with E-state index in [0.717, 1.165) is 16.9 Å². The maximum Gasteiger partial charge on any atom is 0.235 e. The predicted octanol–water partition coefficient (Wildman–Crippen LogP) is 5.23. The van der Waals surface area contributed by atoms with Crippen LogP contribution in [0, 0.1) is 5.82 Å². The molecule has 1 amide bonds. The van der Waals surface area contributed by atoms with Crippen molar-refractivity contribution >= 4 is 17.7 Å². The molecule has 0 radical (unpaired) electrons. The number of benzene rings is 3. The van der Waals surface area contributed by atoms with Crippen molar-refractivity contribution < 1.29 is 9.18 Å². The van der Waals surface area contributed by atoms with Crippen LogP contribution in [0.4, 0.5) is 4.39 Å². The molecule has 1 atom stereocenters. The summed E-state index contributed by atoms with van der Waals surface area (Å²) >= 11 is 1.62. The molecule has 4 heteroatoms. The minimum absolute atomic E-state index is 0.0191. The van der Waals surface area contributed by atoms with Crippen LogP contribution in [0.1, 0.15) is 28.0 Å². The Bertz CT molecular complexity index is 876. The second-order valence-corrected chi connectivity index (χ2v) is 7.72. The van der Waals surface area contributed by atoms with Crippen molar-refractivity contribution in [1.29, 1.82) is 0 Å². The van der Waals surface area contributed by atoms with Gasteiger partial charge in [0, 0.05) is 17.9 Å². The molecule has 0 unspecified atom stereocenters. The summed E-state index contributed by atoms with van der Waals surface area (Å²) in [6.45, 7) is 0.624. The Morgan fingerprint density at radius 1 is 0.889 bits per heavy atom. The number of rotatable bonds is 4. The second kappa shape index (κ2) is 7.97. The van der Waals surface area contributed by atoms with Gasteiger partial charge in [0.1, 0.15) is 11.2 Å². The highest BCUT2D eigenvalue weighted by atomic mass is 32.2. The molecule has 0 spiro atoms. The van der Waals surface area contributed by atoms with Gasteiger partial charge in [-0.05, 0) is 17.2 Å². The summed E-state index contributed by atoms with van der Waals surface area (Å²) in [6.07, 6.45) is 0. The topological polar surface area (TPSA) is 20.3 Å². The molecule has 0 aromatic heterocycles. The van der Waals surface area contributed by atoms with Gasteiger partial charge in [-0.3, -0.25) is 4.79 Å². The molecule has 0 saturated carbocycles. The molecular formula is C23H20FNOS. The number of carbonyl (C=O) groups is 1. The quantitative estimate of drug-likeness (QED) is 0.620. The zero-order valence-electron chi connectivity index (χ0n) is 14.8. The Balaban J connectivity index is 1.72. The van der Waals surface area contributed by atoms with E-state index in [2.05, 4.69) is 0 Å². The average molecular weight is 377 g/mol. The molecule has 0 N–H and O–H groups in total. The van der Waals surface area contributed by atoms with Crippen LogP contribution in [-0.2, 0) is 4.79 Å². The van der Waals surface area contributed by atoms with Gasteiger partial charge in [-0.2, -0.15) is 0 Å². The Kier molecular flexibility index (Phi) is 5.26. The minimum Gasteiger partial charge on any atom is -0.325 e. The number of nitrogens with zero attached hydrogens (tertiary/aromatic N) is 1. The smallest absolute Gasteiger partial charge is 0.235 e. The fourth-order valence-corrected chi connectivity index (χ4v) is 4.85. The van der Waals surface area contributed by atoms with E-state index in [1.165, 1.54) is 6.07 Å². The first-order valence-corrected chi connectivity index (χ1v) is 10.1. The van der Waals surface area contributed by atoms with Crippen molar-refractivity contribution in [3.8, 4) is 0 Å². The lowest BCUT2D eigenvalue weighted by Gasteiger charge is -2.29. The molecule has 1 aliphatic heterocycles. The minimum atomic E-state index is -0.389. The molecule has 3 aromatic rings. The fraction of sp³-hybridized carbons (Fsp3) is 0.174. The normalized spacial score (nSPS) is 16.7. The van der Waals surface area contributed by atoms with Crippen molar-refractivity contribution in [3.05, 3.63) is 107 Å². The molecule has 4 rings (SSSR count). The lowest BCUT2D eigenvalue weighted by Crippen LogP contribution is -2.35. The highest BCUT2D eigenvalue weighted by Gasteiger charge is 2.36. The number of halogens is 1. The van der Waals surface area contributed by atoms with E-state index in [4.69, 9.17) is 0 Å². The lowest BCUT2D eigenvalue weighted by atomic mass is 9.90. The second-order valence-electron chi connectivity index (χ2n) is 6.53. The van der Waals surface area contributed by atoms with E-state index in [-0.39, 0.29) is 23.0 Å². The zero-order chi connectivity index (χ0) is 18.6. The van der Waals surface area contributed by atoms with Gasteiger partial charge in [-0.15, -0.1) is 11.8 Å². The Morgan fingerprint density at radius 2 is 1.44 bits per heavy atom. The van der Waals surface area contributed by atoms with Crippen molar-refractivity contribution in [3.63, 3.8) is 0 Å². The monoisotopic (exact) mass is 377 g/mol. The zero-order valence-corrected chi connectivity index (χ0v) is 15.6. The largest absolute Gasteiger partial charge is 0.325 e. The first-order valence-electron chi connectivity index (χ1n) is 9.02. The molecule has 1 saturated heterocycles. The molecule has 1 fully saturated rings. The first-order chi connectivity index (χ1) is 13.3. The van der Waals surface area contributed by atoms with Crippen molar-refractivity contribution in [1.82, 2.24) is 4.90 Å². The van der Waals surface area contributed by atoms with E-state index in [0.29, 0.717) is 12.1 Å². The summed E-state index contributed by atoms with van der Waals surface area (Å²) in [5.74, 6) is 0.179. The van der Waals surface area contributed by atoms with Crippen LogP contribution in [-0.4, -0.2) is 23.1 Å². The van der Waals surface area contributed by atoms with Crippen LogP contribution in [0.25, 0.3) is 0 Å². The van der Waals surface area contributed by atoms with Crippen molar-refractivity contribution in [2.24, 2.45) is 0 Å². The molecule has 136 valence electrons. The Hall–Kier alpha value is -2.59. The number of hydrogen-bond acceptors (Lipinski definition) is 2. The third kappa shape index (κ3) is 3.62. The van der Waals surface area contributed by atoms with Gasteiger partial charge in [-0.1, -0.05) is 78.9 Å². The molecule has 0 aliphatic carbocycles. The Morgan fingerprint density at radius 3 is 2.04 bits per heavy atom. The summed E-state index contributed by atoms with van der Waals surface area (Å²) in [5.41, 5.74) is 2.49. The molecule has 27 heavy (non-hydrogen) atoms. The van der Waals surface area contributed by atoms with Gasteiger partial charge < -0.3 is 4.90 Å². The summed E-state index contributed by atoms with van der Waals surface area (Å²) in [7, 11) is 0. The molecule has 3 aromatic carbocycles. The third-order valence-corrected chi connectivity index (χ3v) is 6.10. The number of hydrogen-bond donors (Lipinski definition) is 0. The van der Waals surface area contributed by atoms with E-state index >= 15 is 0 Å². The van der Waals surface area contributed by atoms with Gasteiger partial charge in [-0.25, -0.2) is 4.39 Å². The van der Waals surface area contributed by atoms with Crippen LogP contribution < -0.4 is 0 Å². The van der Waals surface area contributed by atoms with Crippen LogP contribution in [0.3, 0.4) is 0 Å². The van der Waals surface area contributed by atoms with Gasteiger partial charge in [0.2, 0.25) is 5.91 Å². The molecular weight excluding hydrogens is 357 g/mol. The number of carbonyl (C=O) groups excluding carboxylic acids is 1. The molecule has 0 bridgehead atoms. The van der Waals surface area contributed by atoms with Gasteiger partial charge in [0.05, 0.1) is 5.92 Å². The SMILES string of the molecule is O=C(C(c1ccccc1)c1ccccc1)N1CCS[C@@H]1c1ccccc1F. The average Bonchev–Trinajstić information content (AvgIpc) is 3.20. The third-order valence-electron chi connectivity index (χ3n) is 4.86. The maximum atomic E-state index is 14.4. The predicted molar refractivity (Wildman–Crippen MR) is 108 cm³/mol. The van der Waals surface area contributed by atoms with E-state index in [1.807, 2.05) is 71.6 Å². The van der Waals surface area contributed by atoms with Crippen LogP contribution in [0.2, 0.25) is 0 Å².